The number of aryl methyl sites for hydroxylation is 1. The zero-order chi connectivity index (χ0) is 74.3. The van der Waals surface area contributed by atoms with Crippen molar-refractivity contribution in [3.63, 3.8) is 0 Å². The van der Waals surface area contributed by atoms with Crippen molar-refractivity contribution >= 4 is 90.3 Å². The number of nitrogens with one attached hydrogen (secondary N) is 5. The van der Waals surface area contributed by atoms with E-state index in [4.69, 9.17) is 16.3 Å². The largest absolute Gasteiger partial charge is 0.455 e. The highest BCUT2D eigenvalue weighted by molar-refractivity contribution is 7.90. The van der Waals surface area contributed by atoms with Gasteiger partial charge in [-0.1, -0.05) is 94.6 Å². The van der Waals surface area contributed by atoms with Crippen molar-refractivity contribution in [1.29, 1.82) is 0 Å². The van der Waals surface area contributed by atoms with Gasteiger partial charge in [0, 0.05) is 125 Å². The van der Waals surface area contributed by atoms with Gasteiger partial charge in [0.2, 0.25) is 17.7 Å². The third-order valence-electron chi connectivity index (χ3n) is 21.8. The summed E-state index contributed by atoms with van der Waals surface area (Å²) in [6.45, 7) is 23.3. The lowest BCUT2D eigenvalue weighted by Crippen LogP contribution is -2.57. The number of nitro groups is 1. The van der Waals surface area contributed by atoms with Crippen molar-refractivity contribution in [1.82, 2.24) is 49.9 Å². The smallest absolute Gasteiger partial charge is 0.293 e. The Labute approximate surface area is 625 Å². The molecule has 12 rings (SSSR count). The molecule has 4 fully saturated rings. The molecule has 4 amide bonds. The molecule has 3 aliphatic heterocycles. The van der Waals surface area contributed by atoms with Crippen molar-refractivity contribution in [2.45, 2.75) is 161 Å². The summed E-state index contributed by atoms with van der Waals surface area (Å²) < 4.78 is 36.8. The second-order valence-corrected chi connectivity index (χ2v) is 34.0. The third-order valence-corrected chi connectivity index (χ3v) is 24.4. The van der Waals surface area contributed by atoms with Crippen LogP contribution >= 0.6 is 22.9 Å². The lowest BCUT2D eigenvalue weighted by molar-refractivity contribution is -0.384. The Morgan fingerprint density at radius 1 is 0.857 bits per heavy atom. The Hall–Kier alpha value is -8.30. The van der Waals surface area contributed by atoms with Crippen LogP contribution in [0.4, 0.5) is 17.1 Å². The van der Waals surface area contributed by atoms with E-state index < -0.39 is 55.0 Å². The normalized spacial score (nSPS) is 20.5. The quantitative estimate of drug-likeness (QED) is 0.0167. The number of thiazole rings is 1. The molecule has 6 N–H and O–H groups in total. The van der Waals surface area contributed by atoms with Gasteiger partial charge in [0.05, 0.1) is 49.8 Å². The van der Waals surface area contributed by atoms with E-state index in [1.54, 1.807) is 41.8 Å². The average molecular weight is 1490 g/mol. The van der Waals surface area contributed by atoms with Crippen molar-refractivity contribution in [3.8, 4) is 21.9 Å². The van der Waals surface area contributed by atoms with Crippen molar-refractivity contribution < 1.29 is 42.4 Å². The summed E-state index contributed by atoms with van der Waals surface area (Å²) in [6.07, 6.45) is 12.2. The third kappa shape index (κ3) is 19.1. The Kier molecular flexibility index (Phi) is 24.2. The van der Waals surface area contributed by atoms with Crippen LogP contribution < -0.4 is 30.3 Å². The van der Waals surface area contributed by atoms with Crippen LogP contribution in [0.3, 0.4) is 0 Å². The van der Waals surface area contributed by atoms with Crippen LogP contribution in [0, 0.1) is 33.8 Å². The number of sulfonamides is 1. The first-order chi connectivity index (χ1) is 50.2. The fourth-order valence-electron chi connectivity index (χ4n) is 15.6. The topological polar surface area (TPSA) is 281 Å². The van der Waals surface area contributed by atoms with Crippen LogP contribution in [0.25, 0.3) is 27.0 Å². The Morgan fingerprint density at radius 2 is 1.58 bits per heavy atom. The number of hydrogen-bond donors (Lipinski definition) is 6. The van der Waals surface area contributed by atoms with E-state index in [0.29, 0.717) is 43.5 Å². The summed E-state index contributed by atoms with van der Waals surface area (Å²) in [5, 5.41) is 34.2. The number of nitrogens with zero attached hydrogens (tertiary/aromatic N) is 8. The lowest BCUT2D eigenvalue weighted by atomic mass is 9.72. The first-order valence-electron chi connectivity index (χ1n) is 37.0. The fourth-order valence-corrected chi connectivity index (χ4v) is 17.5. The number of nitro benzene ring substituents is 1. The number of piperazine rings is 2. The molecule has 560 valence electrons. The monoisotopic (exact) mass is 1490 g/mol. The highest BCUT2D eigenvalue weighted by Gasteiger charge is 2.45. The van der Waals surface area contributed by atoms with Gasteiger partial charge in [-0.15, -0.1) is 11.3 Å². The summed E-state index contributed by atoms with van der Waals surface area (Å²) >= 11 is 7.87. The Morgan fingerprint density at radius 3 is 2.29 bits per heavy atom. The number of hydrogen-bond acceptors (Lipinski definition) is 18. The molecule has 3 aromatic heterocycles. The molecule has 5 aliphatic rings. The number of amides is 4. The molecule has 4 aromatic carbocycles. The van der Waals surface area contributed by atoms with Crippen LogP contribution in [0.2, 0.25) is 5.02 Å². The highest BCUT2D eigenvalue weighted by atomic mass is 35.5. The predicted octanol–water partition coefficient (Wildman–Crippen LogP) is 12.8. The van der Waals surface area contributed by atoms with Gasteiger partial charge in [0.15, 0.2) is 0 Å². The van der Waals surface area contributed by atoms with Gasteiger partial charge in [-0.2, -0.15) is 0 Å². The van der Waals surface area contributed by atoms with Gasteiger partial charge in [0.1, 0.15) is 34.9 Å². The van der Waals surface area contributed by atoms with Gasteiger partial charge >= 0.3 is 0 Å². The average Bonchev–Trinajstić information content (AvgIpc) is 1.58. The summed E-state index contributed by atoms with van der Waals surface area (Å²) in [4.78, 5) is 91.6. The number of rotatable bonds is 26. The minimum absolute atomic E-state index is 0.00220. The molecule has 23 nitrogen and oxygen atoms in total. The minimum atomic E-state index is -4.64. The van der Waals surface area contributed by atoms with E-state index in [-0.39, 0.29) is 71.5 Å². The lowest BCUT2D eigenvalue weighted by Gasteiger charge is -2.42. The van der Waals surface area contributed by atoms with E-state index in [1.807, 2.05) is 82.6 Å². The number of fused-ring (bicyclic) bond motifs is 1. The predicted molar refractivity (Wildman–Crippen MR) is 412 cm³/mol. The molecule has 0 radical (unpaired) electrons. The minimum Gasteiger partial charge on any atom is -0.455 e. The molecule has 3 saturated heterocycles. The van der Waals surface area contributed by atoms with Gasteiger partial charge in [-0.05, 0) is 166 Å². The zero-order valence-electron chi connectivity index (χ0n) is 61.3. The van der Waals surface area contributed by atoms with Gasteiger partial charge in [-0.3, -0.25) is 39.1 Å². The number of ether oxygens (including phenoxy) is 1. The summed E-state index contributed by atoms with van der Waals surface area (Å²) in [5.74, 6) is -1.22. The first kappa shape index (κ1) is 76.4. The van der Waals surface area contributed by atoms with Crippen molar-refractivity contribution in [2.24, 2.45) is 16.7 Å². The van der Waals surface area contributed by atoms with Crippen LogP contribution in [0.15, 0.2) is 125 Å². The number of aliphatic hydroxyl groups excluding tert-OH is 1. The standard InChI is InChI=1S/C79H100ClN13O10S2/c1-51(54-14-16-56(17-15-54)72-52(2)84-50-104-72)85-76(97)69-43-62(94)49-92(69)77(98)73(78(3,4)5)86-71(95)11-9-8-10-32-88-33-37-90(38-34-88)60-22-12-53(13-23-60)46-82-67-27-25-64(44-68(67)93(99)100)105(101,102)87-75(96)65-26-24-61(42-70(65)103-63-41-57-29-31-81-74(57)83-47-63)91-39-35-89(36-40-91)48-58-28-30-79(6,7)45-66(58)55-18-20-59(80)21-19-55/h14-21,24-27,29,31,41-42,44,47,50-51,53,60,62,69,73,82,94H,8-13,22-23,28,30,32-40,43,45-46,48-49H2,1-7H3,(H,81,83)(H,85,97)(H,86,95)(H,87,96)/t51-,53?,60?,62+,69-,73?/m0/s1. The number of β-amino-alcohol motifs (C(OH)–C–C–N with tert-alkyl or cyclic N) is 1. The number of allylic oxidation sites excluding steroid dienone is 1. The number of aliphatic hydroxyl groups is 1. The number of H-pyrrole nitrogens is 1. The molecule has 7 aromatic rings. The number of pyridine rings is 1. The molecule has 1 saturated carbocycles. The van der Waals surface area contributed by atoms with E-state index in [2.05, 4.69) is 81.2 Å². The number of aromatic nitrogens is 3. The van der Waals surface area contributed by atoms with E-state index >= 15 is 0 Å². The molecule has 105 heavy (non-hydrogen) atoms. The molecule has 6 heterocycles. The molecule has 1 unspecified atom stereocenters. The van der Waals surface area contributed by atoms with Crippen LogP contribution in [0.1, 0.15) is 152 Å². The van der Waals surface area contributed by atoms with Crippen LogP contribution in [0.5, 0.6) is 11.5 Å². The maximum absolute atomic E-state index is 14.3. The summed E-state index contributed by atoms with van der Waals surface area (Å²) in [6, 6.07) is 26.8. The second-order valence-electron chi connectivity index (χ2n) is 31.1. The van der Waals surface area contributed by atoms with Crippen molar-refractivity contribution in [3.05, 3.63) is 158 Å². The summed E-state index contributed by atoms with van der Waals surface area (Å²) in [7, 11) is -4.64. The number of anilines is 2. The second kappa shape index (κ2) is 33.2. The molecule has 26 heteroatoms. The Balaban J connectivity index is 0.577. The number of aromatic amines is 1. The number of unbranched alkanes of at least 4 members (excludes halogenated alkanes) is 2. The van der Waals surface area contributed by atoms with E-state index in [9.17, 15) is 42.8 Å². The first-order valence-corrected chi connectivity index (χ1v) is 39.8. The van der Waals surface area contributed by atoms with E-state index in [0.717, 1.165) is 154 Å². The van der Waals surface area contributed by atoms with Gasteiger partial charge in [-0.25, -0.2) is 23.1 Å². The molecule has 4 atom stereocenters. The molecular weight excluding hydrogens is 1390 g/mol. The van der Waals surface area contributed by atoms with Crippen LogP contribution in [-0.2, 0) is 24.4 Å². The fraction of sp³-hybridized carbons (Fsp3) is 0.494. The number of likely N-dealkylation sites (tertiary alicyclic amines) is 1. The number of carbonyl (C=O) groups excluding carboxylic acids is 4. The van der Waals surface area contributed by atoms with Gasteiger partial charge < -0.3 is 45.5 Å². The highest BCUT2D eigenvalue weighted by Crippen LogP contribution is 2.44. The van der Waals surface area contributed by atoms with Crippen LogP contribution in [-0.4, -0.2) is 179 Å². The zero-order valence-corrected chi connectivity index (χ0v) is 63.7. The SMILES string of the molecule is Cc1ncsc1-c1ccc([C@H](C)NC(=O)[C@@H]2C[C@@H](O)CN2C(=O)C(NC(=O)CCCCCN2CCN(C3CCC(CNc4ccc(S(=O)(=O)NC(=O)c5ccc(N6CCN(CC7=C(c8ccc(Cl)cc8)CC(C)(C)CC7)CC6)cc5Oc5cnc6[nH]ccc6c5)cc4[N+](=O)[O-])CC3)CC2)C(C)(C)C)cc1. The maximum Gasteiger partial charge on any atom is 0.293 e. The van der Waals surface area contributed by atoms with E-state index in [1.165, 1.54) is 39.9 Å². The molecule has 2 aliphatic carbocycles. The Bertz CT molecular complexity index is 4400. The molecule has 0 spiro atoms. The summed E-state index contributed by atoms with van der Waals surface area (Å²) in [5.41, 5.74) is 9.51. The number of benzene rings is 4. The number of carbonyl (C=O) groups is 4. The molecule has 0 bridgehead atoms. The maximum atomic E-state index is 14.3. The number of halogens is 1. The molecular formula is C79H100ClN13O10S2. The van der Waals surface area contributed by atoms with Gasteiger partial charge in [0.25, 0.3) is 21.6 Å². The van der Waals surface area contributed by atoms with Crippen molar-refractivity contribution in [2.75, 3.05) is 88.8 Å².